The number of nitrogens with two attached hydrogens (primary N) is 1. The Kier molecular flexibility index (Phi) is 29.0. The van der Waals surface area contributed by atoms with Gasteiger partial charge < -0.3 is 130 Å². The number of primary amides is 1. The van der Waals surface area contributed by atoms with Crippen LogP contribution in [0.2, 0.25) is 0 Å². The zero-order valence-corrected chi connectivity index (χ0v) is 39.2. The second-order valence-corrected chi connectivity index (χ2v) is 16.9. The fourth-order valence-corrected chi connectivity index (χ4v) is 7.05. The van der Waals surface area contributed by atoms with Crippen molar-refractivity contribution in [2.24, 2.45) is 11.1 Å². The van der Waals surface area contributed by atoms with Gasteiger partial charge in [-0.05, 0) is 0 Å². The van der Waals surface area contributed by atoms with Gasteiger partial charge in [0, 0.05) is 45.3 Å². The lowest BCUT2D eigenvalue weighted by atomic mass is 9.92. The maximum atomic E-state index is 12.6. The van der Waals surface area contributed by atoms with Gasteiger partial charge in [0.2, 0.25) is 23.6 Å². The summed E-state index contributed by atoms with van der Waals surface area (Å²) in [5, 5.41) is 126. The van der Waals surface area contributed by atoms with Crippen LogP contribution in [0.15, 0.2) is 0 Å². The van der Waals surface area contributed by atoms with E-state index in [0.717, 1.165) is 0 Å². The molecule has 3 rings (SSSR count). The maximum absolute atomic E-state index is 12.6. The number of carbonyl (C=O) groups is 4. The van der Waals surface area contributed by atoms with Gasteiger partial charge in [0.1, 0.15) is 73.2 Å². The van der Waals surface area contributed by atoms with Crippen molar-refractivity contribution < 1.29 is 128 Å². The largest absolute Gasteiger partial charge is 0.394 e. The van der Waals surface area contributed by atoms with E-state index in [-0.39, 0.29) is 118 Å². The number of ether oxygens (including phenoxy) is 10. The van der Waals surface area contributed by atoms with Crippen molar-refractivity contribution in [2.75, 3.05) is 112 Å². The van der Waals surface area contributed by atoms with E-state index >= 15 is 0 Å². The van der Waals surface area contributed by atoms with Crippen LogP contribution in [0.5, 0.6) is 0 Å². The molecule has 17 N–H and O–H groups in total. The highest BCUT2D eigenvalue weighted by Crippen LogP contribution is 2.25. The van der Waals surface area contributed by atoms with Crippen LogP contribution in [-0.4, -0.2) is 289 Å². The van der Waals surface area contributed by atoms with Crippen molar-refractivity contribution in [2.45, 2.75) is 118 Å². The molecule has 3 aliphatic rings. The quantitative estimate of drug-likeness (QED) is 0.0262. The van der Waals surface area contributed by atoms with Crippen molar-refractivity contribution in [3.05, 3.63) is 0 Å². The van der Waals surface area contributed by atoms with E-state index in [0.29, 0.717) is 0 Å². The van der Waals surface area contributed by atoms with Gasteiger partial charge >= 0.3 is 0 Å². The first-order valence-corrected chi connectivity index (χ1v) is 23.0. The first-order chi connectivity index (χ1) is 33.9. The predicted octanol–water partition coefficient (Wildman–Crippen LogP) is -10.1. The summed E-state index contributed by atoms with van der Waals surface area (Å²) in [6.07, 6.45) is -22.9. The Morgan fingerprint density at radius 2 is 0.676 bits per heavy atom. The van der Waals surface area contributed by atoms with Crippen LogP contribution in [0.25, 0.3) is 0 Å². The molecule has 0 unspecified atom stereocenters. The van der Waals surface area contributed by atoms with E-state index in [1.807, 2.05) is 0 Å². The normalized spacial score (nSPS) is 31.2. The lowest BCUT2D eigenvalue weighted by Crippen LogP contribution is -2.59. The molecule has 0 aliphatic carbocycles. The summed E-state index contributed by atoms with van der Waals surface area (Å²) in [4.78, 5) is 49.4. The van der Waals surface area contributed by atoms with Gasteiger partial charge in [-0.1, -0.05) is 0 Å². The van der Waals surface area contributed by atoms with Crippen LogP contribution in [0.1, 0.15) is 25.7 Å². The zero-order chi connectivity index (χ0) is 52.5. The molecule has 3 heterocycles. The van der Waals surface area contributed by atoms with Crippen LogP contribution in [0, 0.1) is 5.41 Å². The number of aliphatic hydroxyl groups excluding tert-OH is 12. The molecule has 0 aromatic rings. The molecule has 0 spiro atoms. The van der Waals surface area contributed by atoms with Crippen molar-refractivity contribution in [1.82, 2.24) is 16.0 Å². The maximum Gasteiger partial charge on any atom is 0.222 e. The summed E-state index contributed by atoms with van der Waals surface area (Å²) in [7, 11) is 0. The van der Waals surface area contributed by atoms with Crippen molar-refractivity contribution >= 4 is 23.6 Å². The number of amides is 4. The summed E-state index contributed by atoms with van der Waals surface area (Å²) < 4.78 is 55.3. The number of hydrogen-bond acceptors (Lipinski definition) is 26. The van der Waals surface area contributed by atoms with Crippen LogP contribution < -0.4 is 21.7 Å². The first kappa shape index (κ1) is 62.3. The number of nitrogens with one attached hydrogen (secondary N) is 3. The standard InChI is InChI=1S/C41H74N4O26/c42-25(49)1-8-62-18-41(19-63-9-2-26(50)43-5-12-66-38-35(59)32(56)29(53)22(15-46)69-38,20-64-10-3-27(51)44-6-13-67-39-36(60)33(57)30(54)23(16-47)70-39)21-65-11-4-28(52)45-7-14-68-40-37(61)34(58)31(55)24(17-48)71-40/h22-24,29-40,46-48,53-61H,1-21H2,(H2,42,49)(H,43,50)(H,44,51)(H,45,52)/t22-,23-,24-,29-,30-,31-,32+,33+,34+,35+,36+,37+,38+,39+,40+/m1/s1. The average molecular weight is 1040 g/mol. The summed E-state index contributed by atoms with van der Waals surface area (Å²) in [6, 6.07) is 0. The van der Waals surface area contributed by atoms with Gasteiger partial charge in [-0.15, -0.1) is 0 Å². The van der Waals surface area contributed by atoms with Crippen LogP contribution in [0.3, 0.4) is 0 Å². The average Bonchev–Trinajstić information content (AvgIpc) is 3.35. The van der Waals surface area contributed by atoms with Gasteiger partial charge in [0.25, 0.3) is 0 Å². The van der Waals surface area contributed by atoms with Gasteiger partial charge in [-0.25, -0.2) is 0 Å². The smallest absolute Gasteiger partial charge is 0.222 e. The Morgan fingerprint density at radius 1 is 0.408 bits per heavy atom. The molecule has 3 fully saturated rings. The highest BCUT2D eigenvalue weighted by Gasteiger charge is 2.46. The number of carbonyl (C=O) groups excluding carboxylic acids is 4. The molecule has 4 amide bonds. The van der Waals surface area contributed by atoms with Crippen LogP contribution in [0.4, 0.5) is 0 Å². The molecule has 3 saturated heterocycles. The zero-order valence-electron chi connectivity index (χ0n) is 39.2. The topological polar surface area (TPSA) is 465 Å². The van der Waals surface area contributed by atoms with E-state index in [1.165, 1.54) is 0 Å². The van der Waals surface area contributed by atoms with E-state index in [1.54, 1.807) is 0 Å². The minimum atomic E-state index is -1.64. The molecule has 30 nitrogen and oxygen atoms in total. The lowest BCUT2D eigenvalue weighted by molar-refractivity contribution is -0.300. The minimum Gasteiger partial charge on any atom is -0.394 e. The predicted molar refractivity (Wildman–Crippen MR) is 232 cm³/mol. The third-order valence-electron chi connectivity index (χ3n) is 11.2. The van der Waals surface area contributed by atoms with Crippen molar-refractivity contribution in [1.29, 1.82) is 0 Å². The highest BCUT2D eigenvalue weighted by atomic mass is 16.7. The third-order valence-corrected chi connectivity index (χ3v) is 11.2. The first-order valence-electron chi connectivity index (χ1n) is 23.0. The molecule has 15 atom stereocenters. The van der Waals surface area contributed by atoms with E-state index in [9.17, 15) is 80.5 Å². The van der Waals surface area contributed by atoms with Crippen LogP contribution in [-0.2, 0) is 66.5 Å². The van der Waals surface area contributed by atoms with Crippen LogP contribution >= 0.6 is 0 Å². The highest BCUT2D eigenvalue weighted by molar-refractivity contribution is 5.76. The van der Waals surface area contributed by atoms with E-state index in [2.05, 4.69) is 16.0 Å². The molecule has 0 saturated carbocycles. The summed E-state index contributed by atoms with van der Waals surface area (Å²) in [5.74, 6) is -2.08. The fraction of sp³-hybridized carbons (Fsp3) is 0.902. The molecule has 30 heteroatoms. The van der Waals surface area contributed by atoms with E-state index < -0.39 is 141 Å². The molecule has 0 aromatic carbocycles. The van der Waals surface area contributed by atoms with E-state index in [4.69, 9.17) is 53.1 Å². The Balaban J connectivity index is 1.53. The van der Waals surface area contributed by atoms with Crippen molar-refractivity contribution in [3.63, 3.8) is 0 Å². The van der Waals surface area contributed by atoms with Gasteiger partial charge in [-0.2, -0.15) is 0 Å². The monoisotopic (exact) mass is 1040 g/mol. The van der Waals surface area contributed by atoms with Gasteiger partial charge in [0.05, 0.1) is 97.9 Å². The lowest BCUT2D eigenvalue weighted by Gasteiger charge is -2.39. The molecule has 0 radical (unpaired) electrons. The molecule has 3 aliphatic heterocycles. The molecule has 71 heavy (non-hydrogen) atoms. The van der Waals surface area contributed by atoms with Crippen molar-refractivity contribution in [3.8, 4) is 0 Å². The second-order valence-electron chi connectivity index (χ2n) is 16.9. The number of rotatable bonds is 35. The molecule has 0 aromatic heterocycles. The molecular weight excluding hydrogens is 964 g/mol. The Morgan fingerprint density at radius 3 is 0.930 bits per heavy atom. The molecule has 414 valence electrons. The summed E-state index contributed by atoms with van der Waals surface area (Å²) in [5.41, 5.74) is 4.10. The SMILES string of the molecule is NC(=O)CCOCC(COCCC(=O)NCCO[C@H]1O[C@H](CO)[C@@H](O)[C@H](O)[C@@H]1O)(COCCC(=O)NCCO[C@H]1O[C@H](CO)[C@@H](O)[C@H](O)[C@@H]1O)COCCC(=O)NCCO[C@H]1O[C@H](CO)[C@@H](O)[C@H](O)[C@@H]1O. The minimum absolute atomic E-state index is 0.0646. The Hall–Kier alpha value is -3.00. The molecular formula is C41H74N4O26. The number of aliphatic hydroxyl groups is 12. The fourth-order valence-electron chi connectivity index (χ4n) is 7.05. The summed E-state index contributed by atoms with van der Waals surface area (Å²) >= 11 is 0. The Bertz CT molecular complexity index is 1380. The third kappa shape index (κ3) is 21.0. The summed E-state index contributed by atoms with van der Waals surface area (Å²) in [6.45, 7) is -3.94. The van der Waals surface area contributed by atoms with Gasteiger partial charge in [0.15, 0.2) is 18.9 Å². The second kappa shape index (κ2) is 33.0. The number of hydrogen-bond donors (Lipinski definition) is 16. The van der Waals surface area contributed by atoms with Gasteiger partial charge in [-0.3, -0.25) is 19.2 Å². The Labute approximate surface area is 408 Å². The molecule has 0 bridgehead atoms.